The van der Waals surface area contributed by atoms with Crippen LogP contribution in [0.4, 0.5) is 5.95 Å². The molecule has 0 saturated heterocycles. The fourth-order valence-corrected chi connectivity index (χ4v) is 4.26. The minimum absolute atomic E-state index is 0.497. The second-order valence-electron chi connectivity index (χ2n) is 7.09. The van der Waals surface area contributed by atoms with Crippen LogP contribution in [0.1, 0.15) is 44.9 Å². The second-order valence-corrected chi connectivity index (χ2v) is 7.09. The van der Waals surface area contributed by atoms with Gasteiger partial charge >= 0.3 is 0 Å². The predicted octanol–water partition coefficient (Wildman–Crippen LogP) is 5.04. The standard InChI is InChI=1S/C20H25N3O/c1-2-8-18(9-3-1)24-19-12-13-21-20(23-19)22-17-11-10-15-6-4-5-7-16(15)14-17/h1-3,8-9,12-13,15-17H,4-7,10-11,14H2,(H,21,22,23). The van der Waals surface area contributed by atoms with E-state index in [0.29, 0.717) is 17.9 Å². The predicted molar refractivity (Wildman–Crippen MR) is 95.3 cm³/mol. The van der Waals surface area contributed by atoms with Crippen LogP contribution in [0.2, 0.25) is 0 Å². The maximum atomic E-state index is 5.80. The van der Waals surface area contributed by atoms with Crippen molar-refractivity contribution in [3.8, 4) is 11.6 Å². The molecule has 0 radical (unpaired) electrons. The summed E-state index contributed by atoms with van der Waals surface area (Å²) in [6.45, 7) is 0. The third kappa shape index (κ3) is 3.69. The number of rotatable bonds is 4. The lowest BCUT2D eigenvalue weighted by Crippen LogP contribution is -2.34. The molecule has 2 aromatic rings. The number of fused-ring (bicyclic) bond motifs is 1. The second kappa shape index (κ2) is 7.20. The SMILES string of the molecule is c1ccc(Oc2ccnc(NC3CCC4CCCCC4C3)n2)cc1. The Morgan fingerprint density at radius 1 is 0.917 bits per heavy atom. The normalized spacial score (nSPS) is 26.4. The van der Waals surface area contributed by atoms with Crippen molar-refractivity contribution in [3.63, 3.8) is 0 Å². The van der Waals surface area contributed by atoms with Crippen LogP contribution in [0.15, 0.2) is 42.6 Å². The minimum Gasteiger partial charge on any atom is -0.439 e. The number of hydrogen-bond donors (Lipinski definition) is 1. The number of para-hydroxylation sites is 1. The average Bonchev–Trinajstić information content (AvgIpc) is 2.63. The van der Waals surface area contributed by atoms with Crippen molar-refractivity contribution in [1.29, 1.82) is 0 Å². The molecule has 1 heterocycles. The van der Waals surface area contributed by atoms with Gasteiger partial charge in [-0.25, -0.2) is 4.98 Å². The van der Waals surface area contributed by atoms with Gasteiger partial charge in [0.05, 0.1) is 0 Å². The van der Waals surface area contributed by atoms with Gasteiger partial charge < -0.3 is 10.1 Å². The average molecular weight is 323 g/mol. The fraction of sp³-hybridized carbons (Fsp3) is 0.500. The van der Waals surface area contributed by atoms with E-state index in [1.807, 2.05) is 30.3 Å². The van der Waals surface area contributed by atoms with Crippen molar-refractivity contribution in [2.45, 2.75) is 51.0 Å². The van der Waals surface area contributed by atoms with Crippen molar-refractivity contribution < 1.29 is 4.74 Å². The Morgan fingerprint density at radius 3 is 2.62 bits per heavy atom. The van der Waals surface area contributed by atoms with E-state index in [1.165, 1.54) is 44.9 Å². The molecule has 4 nitrogen and oxygen atoms in total. The van der Waals surface area contributed by atoms with Gasteiger partial charge in [0.1, 0.15) is 5.75 Å². The lowest BCUT2D eigenvalue weighted by molar-refractivity contribution is 0.162. The number of ether oxygens (including phenoxy) is 1. The number of aromatic nitrogens is 2. The number of anilines is 1. The number of benzene rings is 1. The van der Waals surface area contributed by atoms with Gasteiger partial charge in [-0.15, -0.1) is 0 Å². The Bertz CT molecular complexity index is 661. The highest BCUT2D eigenvalue weighted by Crippen LogP contribution is 2.41. The highest BCUT2D eigenvalue weighted by Gasteiger charge is 2.32. The maximum absolute atomic E-state index is 5.80. The van der Waals surface area contributed by atoms with E-state index in [2.05, 4.69) is 15.3 Å². The Balaban J connectivity index is 1.39. The summed E-state index contributed by atoms with van der Waals surface area (Å²) >= 11 is 0. The highest BCUT2D eigenvalue weighted by molar-refractivity contribution is 5.32. The summed E-state index contributed by atoms with van der Waals surface area (Å²) < 4.78 is 5.80. The fourth-order valence-electron chi connectivity index (χ4n) is 4.26. The molecule has 1 aromatic heterocycles. The first-order valence-electron chi connectivity index (χ1n) is 9.19. The maximum Gasteiger partial charge on any atom is 0.226 e. The van der Waals surface area contributed by atoms with Crippen LogP contribution in [-0.2, 0) is 0 Å². The Hall–Kier alpha value is -2.10. The third-order valence-electron chi connectivity index (χ3n) is 5.47. The molecule has 2 aliphatic rings. The monoisotopic (exact) mass is 323 g/mol. The van der Waals surface area contributed by atoms with E-state index in [0.717, 1.165) is 17.6 Å². The Kier molecular flexibility index (Phi) is 4.63. The first-order chi connectivity index (χ1) is 11.9. The molecule has 2 aliphatic carbocycles. The molecule has 3 unspecified atom stereocenters. The van der Waals surface area contributed by atoms with E-state index in [-0.39, 0.29) is 0 Å². The van der Waals surface area contributed by atoms with Crippen molar-refractivity contribution in [1.82, 2.24) is 9.97 Å². The zero-order valence-electron chi connectivity index (χ0n) is 14.0. The van der Waals surface area contributed by atoms with E-state index in [4.69, 9.17) is 4.74 Å². The lowest BCUT2D eigenvalue weighted by atomic mass is 9.69. The largest absolute Gasteiger partial charge is 0.439 e. The van der Waals surface area contributed by atoms with Gasteiger partial charge in [-0.05, 0) is 43.2 Å². The summed E-state index contributed by atoms with van der Waals surface area (Å²) in [4.78, 5) is 8.90. The van der Waals surface area contributed by atoms with Gasteiger partial charge in [0.25, 0.3) is 0 Å². The van der Waals surface area contributed by atoms with Gasteiger partial charge in [-0.2, -0.15) is 4.98 Å². The molecule has 1 aromatic carbocycles. The van der Waals surface area contributed by atoms with Gasteiger partial charge in [-0.1, -0.05) is 43.9 Å². The van der Waals surface area contributed by atoms with Crippen molar-refractivity contribution in [3.05, 3.63) is 42.6 Å². The molecule has 4 rings (SSSR count). The molecule has 2 saturated carbocycles. The quantitative estimate of drug-likeness (QED) is 0.856. The molecule has 0 spiro atoms. The van der Waals surface area contributed by atoms with E-state index in [1.54, 1.807) is 12.3 Å². The number of nitrogens with zero attached hydrogens (tertiary/aromatic N) is 2. The third-order valence-corrected chi connectivity index (χ3v) is 5.47. The first kappa shape index (κ1) is 15.4. The van der Waals surface area contributed by atoms with Crippen molar-refractivity contribution in [2.24, 2.45) is 11.8 Å². The zero-order valence-corrected chi connectivity index (χ0v) is 14.0. The molecule has 24 heavy (non-hydrogen) atoms. The summed E-state index contributed by atoms with van der Waals surface area (Å²) in [7, 11) is 0. The van der Waals surface area contributed by atoms with Crippen LogP contribution in [0.25, 0.3) is 0 Å². The van der Waals surface area contributed by atoms with Crippen LogP contribution in [-0.4, -0.2) is 16.0 Å². The molecule has 0 aliphatic heterocycles. The van der Waals surface area contributed by atoms with E-state index in [9.17, 15) is 0 Å². The summed E-state index contributed by atoms with van der Waals surface area (Å²) in [6, 6.07) is 12.0. The Labute approximate surface area is 143 Å². The topological polar surface area (TPSA) is 47.0 Å². The van der Waals surface area contributed by atoms with Gasteiger partial charge in [0.15, 0.2) is 0 Å². The van der Waals surface area contributed by atoms with Crippen LogP contribution in [0, 0.1) is 11.8 Å². The molecule has 4 heteroatoms. The van der Waals surface area contributed by atoms with Crippen LogP contribution in [0.3, 0.4) is 0 Å². The first-order valence-corrected chi connectivity index (χ1v) is 9.19. The van der Waals surface area contributed by atoms with Crippen LogP contribution >= 0.6 is 0 Å². The molecular formula is C20H25N3O. The van der Waals surface area contributed by atoms with Gasteiger partial charge in [-0.3, -0.25) is 0 Å². The summed E-state index contributed by atoms with van der Waals surface area (Å²) in [6.07, 6.45) is 11.3. The summed E-state index contributed by atoms with van der Waals surface area (Å²) in [5.41, 5.74) is 0. The molecule has 1 N–H and O–H groups in total. The molecular weight excluding hydrogens is 298 g/mol. The summed E-state index contributed by atoms with van der Waals surface area (Å²) in [5.74, 6) is 3.93. The van der Waals surface area contributed by atoms with E-state index >= 15 is 0 Å². The summed E-state index contributed by atoms with van der Waals surface area (Å²) in [5, 5.41) is 3.54. The van der Waals surface area contributed by atoms with E-state index < -0.39 is 0 Å². The zero-order chi connectivity index (χ0) is 16.2. The lowest BCUT2D eigenvalue weighted by Gasteiger charge is -2.39. The highest BCUT2D eigenvalue weighted by atomic mass is 16.5. The smallest absolute Gasteiger partial charge is 0.226 e. The molecule has 0 amide bonds. The van der Waals surface area contributed by atoms with Crippen molar-refractivity contribution >= 4 is 5.95 Å². The van der Waals surface area contributed by atoms with Gasteiger partial charge in [0, 0.05) is 18.3 Å². The molecule has 3 atom stereocenters. The minimum atomic E-state index is 0.497. The molecule has 0 bridgehead atoms. The van der Waals surface area contributed by atoms with Crippen LogP contribution < -0.4 is 10.1 Å². The number of nitrogens with one attached hydrogen (secondary N) is 1. The Morgan fingerprint density at radius 2 is 1.75 bits per heavy atom. The molecule has 2 fully saturated rings. The number of hydrogen-bond acceptors (Lipinski definition) is 4. The van der Waals surface area contributed by atoms with Gasteiger partial charge in [0.2, 0.25) is 11.8 Å². The molecule has 126 valence electrons. The van der Waals surface area contributed by atoms with Crippen LogP contribution in [0.5, 0.6) is 11.6 Å². The van der Waals surface area contributed by atoms with Crippen molar-refractivity contribution in [2.75, 3.05) is 5.32 Å².